The van der Waals surface area contributed by atoms with E-state index in [0.29, 0.717) is 23.6 Å². The Kier molecular flexibility index (Phi) is 5.05. The first-order valence-corrected chi connectivity index (χ1v) is 8.11. The van der Waals surface area contributed by atoms with Crippen molar-refractivity contribution in [3.8, 4) is 5.75 Å². The molecule has 0 aliphatic carbocycles. The maximum absolute atomic E-state index is 12.4. The first kappa shape index (κ1) is 16.0. The van der Waals surface area contributed by atoms with Crippen LogP contribution in [0.2, 0.25) is 0 Å². The highest BCUT2D eigenvalue weighted by atomic mass is 16.5. The van der Waals surface area contributed by atoms with Crippen LogP contribution >= 0.6 is 0 Å². The molecule has 0 fully saturated rings. The number of hydrogen-bond donors (Lipinski definition) is 1. The van der Waals surface area contributed by atoms with Gasteiger partial charge < -0.3 is 10.1 Å². The van der Waals surface area contributed by atoms with E-state index in [-0.39, 0.29) is 5.91 Å². The van der Waals surface area contributed by atoms with Gasteiger partial charge in [0.1, 0.15) is 11.6 Å². The summed E-state index contributed by atoms with van der Waals surface area (Å²) in [6.07, 6.45) is 6.65. The van der Waals surface area contributed by atoms with E-state index in [0.717, 1.165) is 18.6 Å². The molecule has 2 heterocycles. The molecular formula is C18H20N4O2. The molecule has 6 nitrogen and oxygen atoms in total. The van der Waals surface area contributed by atoms with Crippen LogP contribution in [-0.4, -0.2) is 27.1 Å². The van der Waals surface area contributed by atoms with Gasteiger partial charge in [-0.25, -0.2) is 4.98 Å². The lowest BCUT2D eigenvalue weighted by Gasteiger charge is -2.08. The molecule has 24 heavy (non-hydrogen) atoms. The zero-order valence-corrected chi connectivity index (χ0v) is 13.6. The van der Waals surface area contributed by atoms with Gasteiger partial charge >= 0.3 is 0 Å². The van der Waals surface area contributed by atoms with Crippen molar-refractivity contribution in [2.24, 2.45) is 0 Å². The Balaban J connectivity index is 1.64. The highest BCUT2D eigenvalue weighted by Crippen LogP contribution is 2.15. The fourth-order valence-corrected chi connectivity index (χ4v) is 2.36. The summed E-state index contributed by atoms with van der Waals surface area (Å²) in [5.74, 6) is 1.16. The van der Waals surface area contributed by atoms with E-state index in [2.05, 4.69) is 22.3 Å². The number of ether oxygens (including phenoxy) is 1. The smallest absolute Gasteiger partial charge is 0.256 e. The molecule has 1 aromatic carbocycles. The van der Waals surface area contributed by atoms with Gasteiger partial charge in [0.05, 0.1) is 12.8 Å². The molecule has 6 heteroatoms. The predicted molar refractivity (Wildman–Crippen MR) is 92.4 cm³/mol. The average Bonchev–Trinajstić information content (AvgIpc) is 3.09. The average molecular weight is 324 g/mol. The molecule has 0 radical (unpaired) electrons. The number of amides is 1. The van der Waals surface area contributed by atoms with Crippen molar-refractivity contribution in [1.82, 2.24) is 14.6 Å². The van der Waals surface area contributed by atoms with Crippen LogP contribution in [-0.2, 0) is 0 Å². The zero-order valence-electron chi connectivity index (χ0n) is 13.6. The lowest BCUT2D eigenvalue weighted by Crippen LogP contribution is -2.14. The quantitative estimate of drug-likeness (QED) is 0.675. The maximum Gasteiger partial charge on any atom is 0.256 e. The number of nitrogens with zero attached hydrogens (tertiary/aromatic N) is 3. The minimum Gasteiger partial charge on any atom is -0.494 e. The number of fused-ring (bicyclic) bond motifs is 1. The van der Waals surface area contributed by atoms with Crippen LogP contribution < -0.4 is 10.1 Å². The van der Waals surface area contributed by atoms with Gasteiger partial charge in [-0.15, -0.1) is 0 Å². The monoisotopic (exact) mass is 324 g/mol. The number of hydrogen-bond acceptors (Lipinski definition) is 4. The molecular weight excluding hydrogens is 304 g/mol. The van der Waals surface area contributed by atoms with E-state index in [4.69, 9.17) is 4.74 Å². The minimum atomic E-state index is -0.199. The third-order valence-electron chi connectivity index (χ3n) is 3.66. The SMILES string of the molecule is CCCCCOc1ccc(C(=O)Nc2ccnc3ccnn23)cc1. The zero-order chi connectivity index (χ0) is 16.8. The van der Waals surface area contributed by atoms with Gasteiger partial charge in [0, 0.05) is 17.8 Å². The highest BCUT2D eigenvalue weighted by molar-refractivity contribution is 6.03. The Morgan fingerprint density at radius 1 is 1.12 bits per heavy atom. The van der Waals surface area contributed by atoms with E-state index in [1.807, 2.05) is 12.1 Å². The van der Waals surface area contributed by atoms with Crippen LogP contribution in [0.25, 0.3) is 5.65 Å². The number of rotatable bonds is 7. The predicted octanol–water partition coefficient (Wildman–Crippen LogP) is 3.55. The largest absolute Gasteiger partial charge is 0.494 e. The summed E-state index contributed by atoms with van der Waals surface area (Å²) in [6, 6.07) is 10.6. The second kappa shape index (κ2) is 7.59. The van der Waals surface area contributed by atoms with Gasteiger partial charge in [-0.3, -0.25) is 4.79 Å². The lowest BCUT2D eigenvalue weighted by molar-refractivity contribution is 0.102. The molecule has 3 rings (SSSR count). The molecule has 0 atom stereocenters. The van der Waals surface area contributed by atoms with Crippen molar-refractivity contribution < 1.29 is 9.53 Å². The topological polar surface area (TPSA) is 68.5 Å². The normalized spacial score (nSPS) is 10.7. The summed E-state index contributed by atoms with van der Waals surface area (Å²) >= 11 is 0. The maximum atomic E-state index is 12.4. The fraction of sp³-hybridized carbons (Fsp3) is 0.278. The van der Waals surface area contributed by atoms with Crippen LogP contribution in [0.1, 0.15) is 36.5 Å². The van der Waals surface area contributed by atoms with E-state index in [9.17, 15) is 4.79 Å². The Bertz CT molecular complexity index is 811. The molecule has 0 bridgehead atoms. The summed E-state index contributed by atoms with van der Waals surface area (Å²) in [7, 11) is 0. The highest BCUT2D eigenvalue weighted by Gasteiger charge is 2.09. The van der Waals surface area contributed by atoms with Gasteiger partial charge in [0.2, 0.25) is 0 Å². The van der Waals surface area contributed by atoms with Gasteiger partial charge in [0.15, 0.2) is 5.65 Å². The van der Waals surface area contributed by atoms with Crippen molar-refractivity contribution >= 4 is 17.4 Å². The van der Waals surface area contributed by atoms with Crippen molar-refractivity contribution in [1.29, 1.82) is 0 Å². The van der Waals surface area contributed by atoms with E-state index in [1.165, 1.54) is 6.42 Å². The van der Waals surface area contributed by atoms with Crippen molar-refractivity contribution in [3.63, 3.8) is 0 Å². The molecule has 1 N–H and O–H groups in total. The molecule has 124 valence electrons. The molecule has 0 aliphatic rings. The van der Waals surface area contributed by atoms with Gasteiger partial charge in [-0.05, 0) is 36.8 Å². The molecule has 0 unspecified atom stereocenters. The van der Waals surface area contributed by atoms with E-state index < -0.39 is 0 Å². The van der Waals surface area contributed by atoms with Gasteiger partial charge in [-0.1, -0.05) is 19.8 Å². The second-order valence-corrected chi connectivity index (χ2v) is 5.47. The summed E-state index contributed by atoms with van der Waals surface area (Å²) in [5.41, 5.74) is 1.25. The van der Waals surface area contributed by atoms with Crippen LogP contribution in [0.3, 0.4) is 0 Å². The van der Waals surface area contributed by atoms with Crippen molar-refractivity contribution in [2.75, 3.05) is 11.9 Å². The third-order valence-corrected chi connectivity index (χ3v) is 3.66. The molecule has 0 saturated heterocycles. The number of anilines is 1. The van der Waals surface area contributed by atoms with E-state index in [1.54, 1.807) is 41.2 Å². The Hall–Kier alpha value is -2.89. The lowest BCUT2D eigenvalue weighted by atomic mass is 10.2. The fourth-order valence-electron chi connectivity index (χ4n) is 2.36. The first-order valence-electron chi connectivity index (χ1n) is 8.11. The number of carbonyl (C=O) groups is 1. The van der Waals surface area contributed by atoms with Crippen LogP contribution in [0.5, 0.6) is 5.75 Å². The number of carbonyl (C=O) groups excluding carboxylic acids is 1. The summed E-state index contributed by atoms with van der Waals surface area (Å²) in [4.78, 5) is 16.5. The molecule has 2 aromatic heterocycles. The Morgan fingerprint density at radius 3 is 2.75 bits per heavy atom. The number of nitrogens with one attached hydrogen (secondary N) is 1. The molecule has 1 amide bonds. The van der Waals surface area contributed by atoms with Gasteiger partial charge in [0.25, 0.3) is 5.91 Å². The van der Waals surface area contributed by atoms with Crippen LogP contribution in [0, 0.1) is 0 Å². The minimum absolute atomic E-state index is 0.199. The standard InChI is InChI=1S/C18H20N4O2/c1-2-3-4-13-24-15-7-5-14(6-8-15)18(23)21-17-9-11-19-16-10-12-20-22(16)17/h5-12H,2-4,13H2,1H3,(H,21,23). The van der Waals surface area contributed by atoms with Crippen LogP contribution in [0.15, 0.2) is 48.8 Å². The Morgan fingerprint density at radius 2 is 1.96 bits per heavy atom. The van der Waals surface area contributed by atoms with Crippen molar-refractivity contribution in [2.45, 2.75) is 26.2 Å². The first-order chi connectivity index (χ1) is 11.8. The van der Waals surface area contributed by atoms with Crippen molar-refractivity contribution in [3.05, 3.63) is 54.4 Å². The number of aromatic nitrogens is 3. The third kappa shape index (κ3) is 3.71. The Labute approximate surface area is 140 Å². The van der Waals surface area contributed by atoms with Gasteiger partial charge in [-0.2, -0.15) is 9.61 Å². The second-order valence-electron chi connectivity index (χ2n) is 5.47. The number of benzene rings is 1. The number of unbranched alkanes of at least 4 members (excludes halogenated alkanes) is 2. The van der Waals surface area contributed by atoms with Crippen LogP contribution in [0.4, 0.5) is 5.82 Å². The summed E-state index contributed by atoms with van der Waals surface area (Å²) in [6.45, 7) is 2.86. The molecule has 0 spiro atoms. The summed E-state index contributed by atoms with van der Waals surface area (Å²) < 4.78 is 7.24. The summed E-state index contributed by atoms with van der Waals surface area (Å²) in [5, 5.41) is 7.00. The molecule has 0 aliphatic heterocycles. The molecule has 0 saturated carbocycles. The molecule has 3 aromatic rings. The van der Waals surface area contributed by atoms with E-state index >= 15 is 0 Å².